The zero-order valence-corrected chi connectivity index (χ0v) is 20.4. The van der Waals surface area contributed by atoms with Crippen LogP contribution in [0, 0.1) is 5.41 Å². The van der Waals surface area contributed by atoms with Crippen LogP contribution in [0.15, 0.2) is 66.9 Å². The summed E-state index contributed by atoms with van der Waals surface area (Å²) in [6.07, 6.45) is 7.49. The van der Waals surface area contributed by atoms with Crippen molar-refractivity contribution in [2.75, 3.05) is 18.4 Å². The summed E-state index contributed by atoms with van der Waals surface area (Å²) in [5.41, 5.74) is 2.44. The molecule has 1 saturated heterocycles. The van der Waals surface area contributed by atoms with Crippen LogP contribution in [0.25, 0.3) is 0 Å². The number of anilines is 1. The van der Waals surface area contributed by atoms with Crippen molar-refractivity contribution in [2.45, 2.75) is 46.0 Å². The largest absolute Gasteiger partial charge is 0.357 e. The minimum absolute atomic E-state index is 0. The summed E-state index contributed by atoms with van der Waals surface area (Å²) in [6, 6.07) is 17.6. The molecule has 0 atom stereocenters. The van der Waals surface area contributed by atoms with Crippen LogP contribution < -0.4 is 5.32 Å². The second-order valence-corrected chi connectivity index (χ2v) is 9.19. The molecular formula is C29H33ClN4O2. The molecule has 2 aromatic carbocycles. The van der Waals surface area contributed by atoms with E-state index in [4.69, 9.17) is 17.0 Å². The minimum Gasteiger partial charge on any atom is -0.357 e. The predicted molar refractivity (Wildman–Crippen MR) is 146 cm³/mol. The van der Waals surface area contributed by atoms with Gasteiger partial charge in [0.05, 0.1) is 5.02 Å². The van der Waals surface area contributed by atoms with Crippen molar-refractivity contribution < 1.29 is 9.59 Å². The highest BCUT2D eigenvalue weighted by Gasteiger charge is 2.17. The van der Waals surface area contributed by atoms with Crippen molar-refractivity contribution in [3.05, 3.63) is 94.1 Å². The molecule has 0 radical (unpaired) electrons. The first-order valence-corrected chi connectivity index (χ1v) is 12.4. The highest BCUT2D eigenvalue weighted by atomic mass is 35.5. The zero-order chi connectivity index (χ0) is 24.6. The highest BCUT2D eigenvalue weighted by molar-refractivity contribution is 6.30. The Bertz CT molecular complexity index is 1180. The summed E-state index contributed by atoms with van der Waals surface area (Å²) in [6.45, 7) is 1.81. The molecule has 0 aliphatic carbocycles. The summed E-state index contributed by atoms with van der Waals surface area (Å²) in [7, 11) is 0. The van der Waals surface area contributed by atoms with Crippen molar-refractivity contribution in [3.63, 3.8) is 0 Å². The molecule has 3 aromatic rings. The van der Waals surface area contributed by atoms with Gasteiger partial charge in [0.25, 0.3) is 5.91 Å². The van der Waals surface area contributed by atoms with Crippen molar-refractivity contribution in [1.29, 1.82) is 5.41 Å². The Kier molecular flexibility index (Phi) is 9.77. The first-order valence-electron chi connectivity index (χ1n) is 12.0. The van der Waals surface area contributed by atoms with Crippen LogP contribution >= 0.6 is 11.6 Å². The monoisotopic (exact) mass is 504 g/mol. The Morgan fingerprint density at radius 3 is 2.19 bits per heavy atom. The van der Waals surface area contributed by atoms with E-state index >= 15 is 0 Å². The number of pyridine rings is 1. The number of hydrogen-bond acceptors (Lipinski definition) is 4. The van der Waals surface area contributed by atoms with Gasteiger partial charge < -0.3 is 10.2 Å². The molecule has 1 fully saturated rings. The quantitative estimate of drug-likeness (QED) is 0.224. The standard InChI is InChI=1S/C28H29ClN4O2.CH4/c29-23-14-15-26(31-19-23)32-28(35)24-9-5-4-8-22(24)18-25(34)20-10-12-21(13-11-20)27(30)33-16-6-2-1-3-7-17-33;/h4-5,8-15,19,30H,1-3,6-7,16-18H2,(H,31,32,35);1H4. The number of nitrogens with zero attached hydrogens (tertiary/aromatic N) is 2. The summed E-state index contributed by atoms with van der Waals surface area (Å²) in [5.74, 6) is 0.488. The molecule has 7 heteroatoms. The van der Waals surface area contributed by atoms with Crippen LogP contribution in [0.4, 0.5) is 5.82 Å². The number of rotatable bonds is 6. The van der Waals surface area contributed by atoms with Gasteiger partial charge in [0.1, 0.15) is 11.7 Å². The van der Waals surface area contributed by atoms with Gasteiger partial charge in [0.15, 0.2) is 5.78 Å². The number of halogens is 1. The zero-order valence-electron chi connectivity index (χ0n) is 19.6. The van der Waals surface area contributed by atoms with E-state index < -0.39 is 0 Å². The van der Waals surface area contributed by atoms with E-state index in [1.165, 1.54) is 25.5 Å². The fourth-order valence-electron chi connectivity index (χ4n) is 4.27. The lowest BCUT2D eigenvalue weighted by Crippen LogP contribution is -2.33. The fraction of sp³-hybridized carbons (Fsp3) is 0.310. The van der Waals surface area contributed by atoms with E-state index in [0.29, 0.717) is 33.4 Å². The third kappa shape index (κ3) is 7.01. The smallest absolute Gasteiger partial charge is 0.257 e. The molecule has 6 nitrogen and oxygen atoms in total. The summed E-state index contributed by atoms with van der Waals surface area (Å²) in [5, 5.41) is 11.8. The van der Waals surface area contributed by atoms with Gasteiger partial charge in [-0.2, -0.15) is 0 Å². The molecule has 188 valence electrons. The van der Waals surface area contributed by atoms with E-state index in [-0.39, 0.29) is 25.5 Å². The van der Waals surface area contributed by atoms with Crippen LogP contribution in [-0.4, -0.2) is 40.5 Å². The molecule has 2 N–H and O–H groups in total. The second-order valence-electron chi connectivity index (χ2n) is 8.75. The van der Waals surface area contributed by atoms with Gasteiger partial charge in [-0.3, -0.25) is 15.0 Å². The molecule has 0 unspecified atom stereocenters. The molecule has 4 rings (SSSR count). The van der Waals surface area contributed by atoms with Crippen LogP contribution in [0.2, 0.25) is 5.02 Å². The fourth-order valence-corrected chi connectivity index (χ4v) is 4.38. The van der Waals surface area contributed by atoms with Crippen molar-refractivity contribution in [3.8, 4) is 0 Å². The average Bonchev–Trinajstić information content (AvgIpc) is 2.85. The molecular weight excluding hydrogens is 472 g/mol. The van der Waals surface area contributed by atoms with Crippen molar-refractivity contribution in [2.24, 2.45) is 0 Å². The number of carbonyl (C=O) groups excluding carboxylic acids is 2. The number of likely N-dealkylation sites (tertiary alicyclic amines) is 1. The van der Waals surface area contributed by atoms with Crippen LogP contribution in [0.5, 0.6) is 0 Å². The molecule has 1 aromatic heterocycles. The van der Waals surface area contributed by atoms with Gasteiger partial charge >= 0.3 is 0 Å². The van der Waals surface area contributed by atoms with E-state index in [9.17, 15) is 9.59 Å². The Morgan fingerprint density at radius 1 is 0.889 bits per heavy atom. The lowest BCUT2D eigenvalue weighted by atomic mass is 9.97. The number of Topliss-reactive ketones (excluding diaryl/α,β-unsaturated/α-hetero) is 1. The maximum atomic E-state index is 13.0. The van der Waals surface area contributed by atoms with E-state index in [0.717, 1.165) is 31.5 Å². The number of aromatic nitrogens is 1. The normalized spacial score (nSPS) is 13.6. The first kappa shape index (κ1) is 27.1. The number of ketones is 1. The lowest BCUT2D eigenvalue weighted by molar-refractivity contribution is 0.0992. The molecule has 1 aliphatic rings. The Labute approximate surface area is 218 Å². The van der Waals surface area contributed by atoms with E-state index in [2.05, 4.69) is 15.2 Å². The van der Waals surface area contributed by atoms with Gasteiger partial charge in [-0.05, 0) is 36.6 Å². The summed E-state index contributed by atoms with van der Waals surface area (Å²) >= 11 is 5.86. The number of amidine groups is 1. The third-order valence-corrected chi connectivity index (χ3v) is 6.46. The summed E-state index contributed by atoms with van der Waals surface area (Å²) < 4.78 is 0. The van der Waals surface area contributed by atoms with Gasteiger partial charge in [-0.15, -0.1) is 0 Å². The molecule has 0 bridgehead atoms. The number of benzene rings is 2. The minimum atomic E-state index is -0.333. The molecule has 0 spiro atoms. The van der Waals surface area contributed by atoms with E-state index in [1.54, 1.807) is 42.5 Å². The predicted octanol–water partition coefficient (Wildman–Crippen LogP) is 6.64. The van der Waals surface area contributed by atoms with Crippen LogP contribution in [-0.2, 0) is 6.42 Å². The molecule has 36 heavy (non-hydrogen) atoms. The summed E-state index contributed by atoms with van der Waals surface area (Å²) in [4.78, 5) is 32.1. The van der Waals surface area contributed by atoms with Crippen LogP contribution in [0.3, 0.4) is 0 Å². The molecule has 1 amide bonds. The lowest BCUT2D eigenvalue weighted by Gasteiger charge is -2.27. The van der Waals surface area contributed by atoms with Gasteiger partial charge in [0, 0.05) is 42.4 Å². The maximum absolute atomic E-state index is 13.0. The van der Waals surface area contributed by atoms with Gasteiger partial charge in [-0.1, -0.05) is 80.8 Å². The number of nitrogens with one attached hydrogen (secondary N) is 2. The van der Waals surface area contributed by atoms with Gasteiger partial charge in [-0.25, -0.2) is 4.98 Å². The average molecular weight is 505 g/mol. The van der Waals surface area contributed by atoms with Gasteiger partial charge in [0.2, 0.25) is 0 Å². The highest BCUT2D eigenvalue weighted by Crippen LogP contribution is 2.18. The first-order chi connectivity index (χ1) is 17.0. The number of hydrogen-bond donors (Lipinski definition) is 2. The maximum Gasteiger partial charge on any atom is 0.257 e. The Balaban J connectivity index is 0.00000361. The Morgan fingerprint density at radius 2 is 1.53 bits per heavy atom. The third-order valence-electron chi connectivity index (χ3n) is 6.23. The van der Waals surface area contributed by atoms with E-state index in [1.807, 2.05) is 18.2 Å². The van der Waals surface area contributed by atoms with Crippen molar-refractivity contribution in [1.82, 2.24) is 9.88 Å². The molecule has 2 heterocycles. The number of amides is 1. The topological polar surface area (TPSA) is 86.1 Å². The van der Waals surface area contributed by atoms with Crippen LogP contribution in [0.1, 0.15) is 71.4 Å². The number of carbonyl (C=O) groups is 2. The second kappa shape index (κ2) is 13.0. The molecule has 0 saturated carbocycles. The molecule has 1 aliphatic heterocycles. The van der Waals surface area contributed by atoms with Crippen molar-refractivity contribution >= 4 is 34.9 Å². The Hall–Kier alpha value is -3.51. The SMILES string of the molecule is C.N=C(c1ccc(C(=O)Cc2ccccc2C(=O)Nc2ccc(Cl)cn2)cc1)N1CCCCCCC1.